The first-order chi connectivity index (χ1) is 12.5. The lowest BCUT2D eigenvalue weighted by atomic mass is 10.1. The molecule has 0 radical (unpaired) electrons. The zero-order valence-corrected chi connectivity index (χ0v) is 14.9. The van der Waals surface area contributed by atoms with E-state index in [4.69, 9.17) is 0 Å². The summed E-state index contributed by atoms with van der Waals surface area (Å²) in [6.07, 6.45) is 0.204. The highest BCUT2D eigenvalue weighted by Crippen LogP contribution is 2.21. The van der Waals surface area contributed by atoms with Crippen molar-refractivity contribution < 1.29 is 14.7 Å². The zero-order valence-electron chi connectivity index (χ0n) is 14.9. The van der Waals surface area contributed by atoms with Crippen LogP contribution in [0.25, 0.3) is 5.69 Å². The number of hydrogen-bond acceptors (Lipinski definition) is 4. The Labute approximate surface area is 151 Å². The lowest BCUT2D eigenvalue weighted by Crippen LogP contribution is -2.58. The van der Waals surface area contributed by atoms with Gasteiger partial charge in [-0.3, -0.25) is 10.1 Å². The van der Waals surface area contributed by atoms with Gasteiger partial charge in [0, 0.05) is 25.8 Å². The smallest absolute Gasteiger partial charge is 0.323 e. The van der Waals surface area contributed by atoms with Gasteiger partial charge in [-0.15, -0.1) is 0 Å². The normalized spacial score (nSPS) is 17.1. The molecule has 8 nitrogen and oxygen atoms in total. The summed E-state index contributed by atoms with van der Waals surface area (Å²) in [5.41, 5.74) is 2.67. The van der Waals surface area contributed by atoms with Crippen LogP contribution in [0.1, 0.15) is 17.7 Å². The van der Waals surface area contributed by atoms with Gasteiger partial charge in [-0.2, -0.15) is 5.10 Å². The van der Waals surface area contributed by atoms with Gasteiger partial charge in [0.05, 0.1) is 11.4 Å². The molecule has 2 heterocycles. The number of benzene rings is 1. The number of nitrogens with zero attached hydrogens (tertiary/aromatic N) is 3. The molecule has 0 spiro atoms. The van der Waals surface area contributed by atoms with Gasteiger partial charge in [-0.05, 0) is 31.9 Å². The maximum absolute atomic E-state index is 12.8. The molecule has 0 unspecified atom stereocenters. The summed E-state index contributed by atoms with van der Waals surface area (Å²) in [5, 5.41) is 19.3. The van der Waals surface area contributed by atoms with Crippen molar-refractivity contribution in [2.75, 3.05) is 25.0 Å². The Kier molecular flexibility index (Phi) is 5.22. The summed E-state index contributed by atoms with van der Waals surface area (Å²) in [4.78, 5) is 26.3. The fraction of sp³-hybridized carbons (Fsp3) is 0.389. The van der Waals surface area contributed by atoms with Crippen molar-refractivity contribution in [2.45, 2.75) is 26.3 Å². The summed E-state index contributed by atoms with van der Waals surface area (Å²) >= 11 is 0. The van der Waals surface area contributed by atoms with Crippen LogP contribution in [0.3, 0.4) is 0 Å². The van der Waals surface area contributed by atoms with Crippen LogP contribution in [0.5, 0.6) is 0 Å². The third-order valence-electron chi connectivity index (χ3n) is 4.40. The Balaban J connectivity index is 1.86. The predicted molar refractivity (Wildman–Crippen MR) is 97.3 cm³/mol. The molecular weight excluding hydrogens is 334 g/mol. The van der Waals surface area contributed by atoms with Crippen LogP contribution < -0.4 is 10.6 Å². The molecule has 1 aliphatic rings. The summed E-state index contributed by atoms with van der Waals surface area (Å²) in [7, 11) is 0. The van der Waals surface area contributed by atoms with Gasteiger partial charge in [-0.1, -0.05) is 18.2 Å². The number of amides is 3. The van der Waals surface area contributed by atoms with E-state index in [1.165, 1.54) is 4.90 Å². The van der Waals surface area contributed by atoms with Gasteiger partial charge in [0.1, 0.15) is 11.9 Å². The molecule has 2 aromatic rings. The molecule has 1 saturated heterocycles. The van der Waals surface area contributed by atoms with E-state index in [-0.39, 0.29) is 25.0 Å². The second-order valence-corrected chi connectivity index (χ2v) is 6.31. The topological polar surface area (TPSA) is 99.5 Å². The number of aryl methyl sites for hydroxylation is 2. The molecule has 3 amide bonds. The van der Waals surface area contributed by atoms with Crippen LogP contribution in [-0.4, -0.2) is 57.5 Å². The minimum atomic E-state index is -0.676. The fourth-order valence-electron chi connectivity index (χ4n) is 3.12. The molecule has 1 aliphatic heterocycles. The van der Waals surface area contributed by atoms with Crippen molar-refractivity contribution in [3.05, 3.63) is 41.6 Å². The standard InChI is InChI=1S/C18H23N5O3/c1-12-5-3-4-6-14(12)23-16(11-13(2)21-23)20-18(26)22-9-8-19-17(25)15(22)7-10-24/h3-6,11,15,24H,7-10H2,1-2H3,(H,19,25)(H,20,26)/t15-/m0/s1. The van der Waals surface area contributed by atoms with Crippen molar-refractivity contribution in [2.24, 2.45) is 0 Å². The van der Waals surface area contributed by atoms with Crippen molar-refractivity contribution in [1.82, 2.24) is 20.0 Å². The summed E-state index contributed by atoms with van der Waals surface area (Å²) in [6, 6.07) is 8.49. The minimum absolute atomic E-state index is 0.165. The number of hydrogen-bond donors (Lipinski definition) is 3. The molecule has 0 bridgehead atoms. The number of para-hydroxylation sites is 1. The van der Waals surface area contributed by atoms with E-state index in [0.717, 1.165) is 16.9 Å². The van der Waals surface area contributed by atoms with E-state index in [1.54, 1.807) is 10.7 Å². The molecule has 26 heavy (non-hydrogen) atoms. The summed E-state index contributed by atoms with van der Waals surface area (Å²) < 4.78 is 1.69. The average Bonchev–Trinajstić information content (AvgIpc) is 2.97. The Morgan fingerprint density at radius 3 is 2.88 bits per heavy atom. The maximum Gasteiger partial charge on any atom is 0.323 e. The van der Waals surface area contributed by atoms with E-state index in [1.807, 2.05) is 38.1 Å². The highest BCUT2D eigenvalue weighted by atomic mass is 16.3. The van der Waals surface area contributed by atoms with E-state index in [9.17, 15) is 14.7 Å². The number of carbonyl (C=O) groups is 2. The Hall–Kier alpha value is -2.87. The maximum atomic E-state index is 12.8. The average molecular weight is 357 g/mol. The SMILES string of the molecule is Cc1cc(NC(=O)N2CCNC(=O)[C@@H]2CCO)n(-c2ccccc2C)n1. The first-order valence-electron chi connectivity index (χ1n) is 8.60. The number of urea groups is 1. The molecule has 0 aliphatic carbocycles. The highest BCUT2D eigenvalue weighted by molar-refractivity contribution is 5.94. The molecule has 0 saturated carbocycles. The van der Waals surface area contributed by atoms with Crippen LogP contribution in [-0.2, 0) is 4.79 Å². The van der Waals surface area contributed by atoms with Gasteiger partial charge in [0.15, 0.2) is 0 Å². The molecule has 138 valence electrons. The monoisotopic (exact) mass is 357 g/mol. The number of carbonyl (C=O) groups excluding carboxylic acids is 2. The van der Waals surface area contributed by atoms with Crippen LogP contribution >= 0.6 is 0 Å². The van der Waals surface area contributed by atoms with Crippen molar-refractivity contribution >= 4 is 17.8 Å². The molecule has 3 N–H and O–H groups in total. The van der Waals surface area contributed by atoms with Crippen LogP contribution in [0.15, 0.2) is 30.3 Å². The summed E-state index contributed by atoms with van der Waals surface area (Å²) in [5.74, 6) is 0.291. The number of nitrogens with one attached hydrogen (secondary N) is 2. The highest BCUT2D eigenvalue weighted by Gasteiger charge is 2.33. The fourth-order valence-corrected chi connectivity index (χ4v) is 3.12. The first kappa shape index (κ1) is 17.9. The Morgan fingerprint density at radius 1 is 1.38 bits per heavy atom. The number of aliphatic hydroxyl groups is 1. The molecule has 3 rings (SSSR count). The van der Waals surface area contributed by atoms with Crippen LogP contribution in [0, 0.1) is 13.8 Å². The van der Waals surface area contributed by atoms with Gasteiger partial charge in [0.25, 0.3) is 0 Å². The van der Waals surface area contributed by atoms with E-state index >= 15 is 0 Å². The Bertz CT molecular complexity index is 817. The lowest BCUT2D eigenvalue weighted by Gasteiger charge is -2.34. The van der Waals surface area contributed by atoms with Crippen LogP contribution in [0.2, 0.25) is 0 Å². The van der Waals surface area contributed by atoms with Crippen molar-refractivity contribution in [1.29, 1.82) is 0 Å². The first-order valence-corrected chi connectivity index (χ1v) is 8.60. The number of anilines is 1. The molecule has 1 aromatic carbocycles. The third-order valence-corrected chi connectivity index (χ3v) is 4.40. The number of aliphatic hydroxyl groups excluding tert-OH is 1. The summed E-state index contributed by atoms with van der Waals surface area (Å²) in [6.45, 7) is 4.45. The van der Waals surface area contributed by atoms with E-state index in [2.05, 4.69) is 15.7 Å². The largest absolute Gasteiger partial charge is 0.396 e. The quantitative estimate of drug-likeness (QED) is 0.766. The predicted octanol–water partition coefficient (Wildman–Crippen LogP) is 1.20. The molecule has 1 fully saturated rings. The van der Waals surface area contributed by atoms with Crippen LogP contribution in [0.4, 0.5) is 10.6 Å². The number of piperazine rings is 1. The van der Waals surface area contributed by atoms with Gasteiger partial charge in [0.2, 0.25) is 5.91 Å². The molecule has 1 atom stereocenters. The number of aromatic nitrogens is 2. The van der Waals surface area contributed by atoms with Crippen molar-refractivity contribution in [3.63, 3.8) is 0 Å². The zero-order chi connectivity index (χ0) is 18.7. The van der Waals surface area contributed by atoms with E-state index < -0.39 is 6.04 Å². The molecular formula is C18H23N5O3. The molecule has 1 aromatic heterocycles. The lowest BCUT2D eigenvalue weighted by molar-refractivity contribution is -0.128. The van der Waals surface area contributed by atoms with Crippen molar-refractivity contribution in [3.8, 4) is 5.69 Å². The third kappa shape index (κ3) is 3.55. The van der Waals surface area contributed by atoms with Gasteiger partial charge in [-0.25, -0.2) is 9.48 Å². The minimum Gasteiger partial charge on any atom is -0.396 e. The van der Waals surface area contributed by atoms with Gasteiger partial charge < -0.3 is 15.3 Å². The van der Waals surface area contributed by atoms with E-state index in [0.29, 0.717) is 18.9 Å². The second kappa shape index (κ2) is 7.57. The number of rotatable bonds is 4. The molecule has 8 heteroatoms. The second-order valence-electron chi connectivity index (χ2n) is 6.31. The Morgan fingerprint density at radius 2 is 2.15 bits per heavy atom. The van der Waals surface area contributed by atoms with Gasteiger partial charge >= 0.3 is 6.03 Å².